The molecule has 2 aromatic rings. The Morgan fingerprint density at radius 3 is 1.87 bits per heavy atom. The lowest BCUT2D eigenvalue weighted by atomic mass is 9.94. The van der Waals surface area contributed by atoms with Crippen LogP contribution in [-0.4, -0.2) is 18.1 Å². The lowest BCUT2D eigenvalue weighted by Gasteiger charge is -2.14. The molecule has 0 atom stereocenters. The molecule has 0 spiro atoms. The molecule has 0 fully saturated rings. The molecule has 2 rings (SSSR count). The molecule has 0 heterocycles. The van der Waals surface area contributed by atoms with Crippen LogP contribution in [0.1, 0.15) is 103 Å². The SMILES string of the molecule is CCCCCCCCCCCCNc1ccc(C(=O)C(=O)c2ccccc2)c(C)c1C. The number of benzene rings is 2. The number of carbonyl (C=O) groups is 2. The minimum atomic E-state index is -0.450. The van der Waals surface area contributed by atoms with Crippen molar-refractivity contribution >= 4 is 17.3 Å². The van der Waals surface area contributed by atoms with Crippen LogP contribution in [-0.2, 0) is 0 Å². The van der Waals surface area contributed by atoms with Crippen LogP contribution in [0.4, 0.5) is 5.69 Å². The highest BCUT2D eigenvalue weighted by Crippen LogP contribution is 2.24. The Balaban J connectivity index is 1.76. The van der Waals surface area contributed by atoms with Gasteiger partial charge in [0.25, 0.3) is 0 Å². The minimum Gasteiger partial charge on any atom is -0.385 e. The molecule has 0 unspecified atom stereocenters. The third-order valence-electron chi connectivity index (χ3n) is 6.12. The van der Waals surface area contributed by atoms with Gasteiger partial charge in [-0.2, -0.15) is 0 Å². The molecular weight excluding hydrogens is 382 g/mol. The molecule has 1 N–H and O–H groups in total. The van der Waals surface area contributed by atoms with Crippen molar-refractivity contribution in [2.24, 2.45) is 0 Å². The first kappa shape index (κ1) is 24.8. The van der Waals surface area contributed by atoms with E-state index in [2.05, 4.69) is 12.2 Å². The maximum atomic E-state index is 12.7. The summed E-state index contributed by atoms with van der Waals surface area (Å²) in [4.78, 5) is 25.2. The zero-order valence-corrected chi connectivity index (χ0v) is 19.6. The minimum absolute atomic E-state index is 0.437. The van der Waals surface area contributed by atoms with Crippen LogP contribution in [0.5, 0.6) is 0 Å². The molecule has 3 nitrogen and oxygen atoms in total. The van der Waals surface area contributed by atoms with Crippen LogP contribution in [0.2, 0.25) is 0 Å². The van der Waals surface area contributed by atoms with Crippen molar-refractivity contribution in [1.29, 1.82) is 0 Å². The number of nitrogens with one attached hydrogen (secondary N) is 1. The number of Topliss-reactive ketones (excluding diaryl/α,β-unsaturated/α-hetero) is 2. The number of carbonyl (C=O) groups excluding carboxylic acids is 2. The van der Waals surface area contributed by atoms with E-state index in [1.54, 1.807) is 30.3 Å². The molecule has 168 valence electrons. The van der Waals surface area contributed by atoms with Crippen LogP contribution in [0, 0.1) is 13.8 Å². The largest absolute Gasteiger partial charge is 0.385 e. The van der Waals surface area contributed by atoms with Gasteiger partial charge >= 0.3 is 0 Å². The number of hydrogen-bond acceptors (Lipinski definition) is 3. The smallest absolute Gasteiger partial charge is 0.233 e. The summed E-state index contributed by atoms with van der Waals surface area (Å²) in [7, 11) is 0. The van der Waals surface area contributed by atoms with Crippen LogP contribution < -0.4 is 5.32 Å². The van der Waals surface area contributed by atoms with Crippen molar-refractivity contribution < 1.29 is 9.59 Å². The summed E-state index contributed by atoms with van der Waals surface area (Å²) in [6.45, 7) is 7.14. The van der Waals surface area contributed by atoms with Crippen LogP contribution in [0.25, 0.3) is 0 Å². The first-order chi connectivity index (χ1) is 15.1. The predicted molar refractivity (Wildman–Crippen MR) is 131 cm³/mol. The van der Waals surface area contributed by atoms with Crippen molar-refractivity contribution in [1.82, 2.24) is 0 Å². The van der Waals surface area contributed by atoms with Gasteiger partial charge in [0.15, 0.2) is 0 Å². The Hall–Kier alpha value is -2.42. The quantitative estimate of drug-likeness (QED) is 0.182. The Labute approximate surface area is 188 Å². The number of rotatable bonds is 15. The van der Waals surface area contributed by atoms with Gasteiger partial charge in [0.1, 0.15) is 0 Å². The van der Waals surface area contributed by atoms with Crippen LogP contribution >= 0.6 is 0 Å². The molecule has 0 bridgehead atoms. The second-order valence-corrected chi connectivity index (χ2v) is 8.54. The van der Waals surface area contributed by atoms with E-state index in [-0.39, 0.29) is 0 Å². The number of hydrogen-bond donors (Lipinski definition) is 1. The summed E-state index contributed by atoms with van der Waals surface area (Å²) in [6, 6.07) is 12.5. The van der Waals surface area contributed by atoms with E-state index in [1.165, 1.54) is 57.8 Å². The zero-order chi connectivity index (χ0) is 22.5. The Bertz CT molecular complexity index is 826. The number of unbranched alkanes of at least 4 members (excludes halogenated alkanes) is 9. The van der Waals surface area contributed by atoms with Crippen LogP contribution in [0.3, 0.4) is 0 Å². The van der Waals surface area contributed by atoms with Gasteiger partial charge in [0.2, 0.25) is 11.6 Å². The van der Waals surface area contributed by atoms with Crippen molar-refractivity contribution in [2.75, 3.05) is 11.9 Å². The molecule has 31 heavy (non-hydrogen) atoms. The van der Waals surface area contributed by atoms with E-state index < -0.39 is 11.6 Å². The van der Waals surface area contributed by atoms with E-state index >= 15 is 0 Å². The highest BCUT2D eigenvalue weighted by molar-refractivity contribution is 6.49. The molecule has 0 saturated heterocycles. The van der Waals surface area contributed by atoms with Crippen molar-refractivity contribution in [3.8, 4) is 0 Å². The summed E-state index contributed by atoms with van der Waals surface area (Å²) in [5.41, 5.74) is 3.90. The van der Waals surface area contributed by atoms with E-state index in [1.807, 2.05) is 26.0 Å². The van der Waals surface area contributed by atoms with Gasteiger partial charge in [-0.1, -0.05) is 95.0 Å². The van der Waals surface area contributed by atoms with Crippen molar-refractivity contribution in [3.63, 3.8) is 0 Å². The normalized spacial score (nSPS) is 10.8. The molecular formula is C28H39NO2. The second kappa shape index (κ2) is 13.8. The van der Waals surface area contributed by atoms with Gasteiger partial charge in [0, 0.05) is 23.4 Å². The van der Waals surface area contributed by atoms with E-state index in [9.17, 15) is 9.59 Å². The highest BCUT2D eigenvalue weighted by atomic mass is 16.2. The molecule has 0 radical (unpaired) electrons. The van der Waals surface area contributed by atoms with E-state index in [0.29, 0.717) is 11.1 Å². The molecule has 0 aliphatic heterocycles. The summed E-state index contributed by atoms with van der Waals surface area (Å²) in [6.07, 6.45) is 13.3. The third kappa shape index (κ3) is 7.97. The fourth-order valence-electron chi connectivity index (χ4n) is 3.94. The van der Waals surface area contributed by atoms with Gasteiger partial charge in [-0.25, -0.2) is 0 Å². The summed E-state index contributed by atoms with van der Waals surface area (Å²) < 4.78 is 0. The summed E-state index contributed by atoms with van der Waals surface area (Å²) in [5, 5.41) is 3.51. The maximum absolute atomic E-state index is 12.7. The molecule has 0 aromatic heterocycles. The lowest BCUT2D eigenvalue weighted by molar-refractivity contribution is 0.0816. The standard InChI is InChI=1S/C28H39NO2/c1-4-5-6-7-8-9-10-11-12-16-21-29-26-20-19-25(22(2)23(26)3)28(31)27(30)24-17-14-13-15-18-24/h13-15,17-20,29H,4-12,16,21H2,1-3H3. The first-order valence-corrected chi connectivity index (χ1v) is 12.0. The second-order valence-electron chi connectivity index (χ2n) is 8.54. The highest BCUT2D eigenvalue weighted by Gasteiger charge is 2.21. The fraction of sp³-hybridized carbons (Fsp3) is 0.500. The number of ketones is 2. The monoisotopic (exact) mass is 421 g/mol. The van der Waals surface area contributed by atoms with Gasteiger partial charge in [0.05, 0.1) is 0 Å². The lowest BCUT2D eigenvalue weighted by Crippen LogP contribution is -2.16. The Kier molecular flexibility index (Phi) is 11.1. The van der Waals surface area contributed by atoms with Gasteiger partial charge in [-0.3, -0.25) is 9.59 Å². The van der Waals surface area contributed by atoms with Crippen LogP contribution in [0.15, 0.2) is 42.5 Å². The Morgan fingerprint density at radius 1 is 0.677 bits per heavy atom. The van der Waals surface area contributed by atoms with E-state index in [0.717, 1.165) is 29.8 Å². The third-order valence-corrected chi connectivity index (χ3v) is 6.12. The number of anilines is 1. The van der Waals surface area contributed by atoms with Gasteiger partial charge in [-0.15, -0.1) is 0 Å². The molecule has 0 aliphatic carbocycles. The average molecular weight is 422 g/mol. The van der Waals surface area contributed by atoms with Crippen molar-refractivity contribution in [2.45, 2.75) is 85.0 Å². The molecule has 2 aromatic carbocycles. The van der Waals surface area contributed by atoms with Gasteiger partial charge in [-0.05, 0) is 43.5 Å². The average Bonchev–Trinajstić information content (AvgIpc) is 2.80. The van der Waals surface area contributed by atoms with Gasteiger partial charge < -0.3 is 5.32 Å². The fourth-order valence-corrected chi connectivity index (χ4v) is 3.94. The molecule has 0 amide bonds. The topological polar surface area (TPSA) is 46.2 Å². The van der Waals surface area contributed by atoms with E-state index in [4.69, 9.17) is 0 Å². The molecule has 0 aliphatic rings. The Morgan fingerprint density at radius 2 is 1.26 bits per heavy atom. The zero-order valence-electron chi connectivity index (χ0n) is 19.6. The maximum Gasteiger partial charge on any atom is 0.233 e. The first-order valence-electron chi connectivity index (χ1n) is 12.0. The summed E-state index contributed by atoms with van der Waals surface area (Å²) >= 11 is 0. The molecule has 0 saturated carbocycles. The van der Waals surface area contributed by atoms with Crippen molar-refractivity contribution in [3.05, 3.63) is 64.7 Å². The predicted octanol–water partition coefficient (Wildman–Crippen LogP) is 7.70. The summed E-state index contributed by atoms with van der Waals surface area (Å²) in [5.74, 6) is -0.887. The molecule has 3 heteroatoms.